The van der Waals surface area contributed by atoms with Gasteiger partial charge in [0.05, 0.1) is 17.1 Å². The van der Waals surface area contributed by atoms with E-state index in [0.29, 0.717) is 49.3 Å². The van der Waals surface area contributed by atoms with Crippen LogP contribution in [-0.2, 0) is 16.0 Å². The Kier molecular flexibility index (Phi) is 5.83. The lowest BCUT2D eigenvalue weighted by molar-refractivity contribution is -0.137. The quantitative estimate of drug-likeness (QED) is 0.717. The molecular formula is C22H23F3N2O3S. The van der Waals surface area contributed by atoms with Gasteiger partial charge in [0.1, 0.15) is 0 Å². The third kappa shape index (κ3) is 4.77. The Morgan fingerprint density at radius 1 is 0.935 bits per heavy atom. The molecule has 0 radical (unpaired) electrons. The molecule has 0 N–H and O–H groups in total. The van der Waals surface area contributed by atoms with Crippen molar-refractivity contribution >= 4 is 15.7 Å². The highest BCUT2D eigenvalue weighted by atomic mass is 32.2. The molecule has 2 aromatic carbocycles. The lowest BCUT2D eigenvalue weighted by Crippen LogP contribution is -2.52. The minimum atomic E-state index is -4.41. The highest BCUT2D eigenvalue weighted by molar-refractivity contribution is 7.91. The van der Waals surface area contributed by atoms with Gasteiger partial charge in [-0.15, -0.1) is 0 Å². The summed E-state index contributed by atoms with van der Waals surface area (Å²) in [6.07, 6.45) is -3.78. The number of hydrogen-bond donors (Lipinski definition) is 0. The number of benzene rings is 2. The van der Waals surface area contributed by atoms with Crippen LogP contribution < -0.4 is 0 Å². The number of halogens is 3. The number of piperazine rings is 1. The van der Waals surface area contributed by atoms with E-state index in [1.807, 2.05) is 0 Å². The van der Waals surface area contributed by atoms with Gasteiger partial charge >= 0.3 is 6.18 Å². The fourth-order valence-electron chi connectivity index (χ4n) is 4.28. The minimum absolute atomic E-state index is 0.0154. The molecule has 2 fully saturated rings. The molecular weight excluding hydrogens is 429 g/mol. The normalized spacial score (nSPS) is 21.9. The van der Waals surface area contributed by atoms with Crippen LogP contribution in [0.5, 0.6) is 0 Å². The molecule has 2 aliphatic rings. The Balaban J connectivity index is 1.48. The molecule has 0 aromatic heterocycles. The summed E-state index contributed by atoms with van der Waals surface area (Å²) in [5.41, 5.74) is 0.849. The summed E-state index contributed by atoms with van der Waals surface area (Å²) < 4.78 is 62.1. The van der Waals surface area contributed by atoms with Crippen molar-refractivity contribution in [2.45, 2.75) is 18.6 Å². The number of nitrogens with zero attached hydrogens (tertiary/aromatic N) is 2. The van der Waals surface area contributed by atoms with E-state index in [2.05, 4.69) is 4.90 Å². The van der Waals surface area contributed by atoms with Gasteiger partial charge < -0.3 is 4.90 Å². The van der Waals surface area contributed by atoms with Crippen LogP contribution in [0.4, 0.5) is 13.2 Å². The zero-order valence-electron chi connectivity index (χ0n) is 16.8. The SMILES string of the molecule is O=C(c1ccccc1-c1ccc(C(F)(F)F)cc1)N1CCN(C2CCS(=O)(=O)C2)CC1. The fraction of sp³-hybridized carbons (Fsp3) is 0.409. The van der Waals surface area contributed by atoms with Crippen LogP contribution in [0.15, 0.2) is 48.5 Å². The molecule has 166 valence electrons. The minimum Gasteiger partial charge on any atom is -0.336 e. The number of carbonyl (C=O) groups is 1. The van der Waals surface area contributed by atoms with Crippen LogP contribution in [0.2, 0.25) is 0 Å². The second-order valence-corrected chi connectivity index (χ2v) is 10.2. The largest absolute Gasteiger partial charge is 0.416 e. The Bertz CT molecular complexity index is 1060. The first-order valence-electron chi connectivity index (χ1n) is 10.1. The van der Waals surface area contributed by atoms with Crippen molar-refractivity contribution in [2.75, 3.05) is 37.7 Å². The molecule has 5 nitrogen and oxygen atoms in total. The molecule has 2 aromatic rings. The summed E-state index contributed by atoms with van der Waals surface area (Å²) in [4.78, 5) is 17.0. The van der Waals surface area contributed by atoms with Crippen LogP contribution >= 0.6 is 0 Å². The second-order valence-electron chi connectivity index (χ2n) is 8.01. The van der Waals surface area contributed by atoms with Gasteiger partial charge in [-0.25, -0.2) is 8.42 Å². The Morgan fingerprint density at radius 3 is 2.16 bits per heavy atom. The molecule has 9 heteroatoms. The molecule has 1 atom stereocenters. The van der Waals surface area contributed by atoms with E-state index in [1.165, 1.54) is 12.1 Å². The molecule has 1 unspecified atom stereocenters. The average molecular weight is 452 g/mol. The van der Waals surface area contributed by atoms with Gasteiger partial charge in [-0.3, -0.25) is 9.69 Å². The summed E-state index contributed by atoms with van der Waals surface area (Å²) in [6, 6.07) is 11.7. The first-order valence-corrected chi connectivity index (χ1v) is 12.0. The van der Waals surface area contributed by atoms with Crippen molar-refractivity contribution in [1.82, 2.24) is 9.80 Å². The third-order valence-corrected chi connectivity index (χ3v) is 7.76. The maximum absolute atomic E-state index is 13.2. The molecule has 0 spiro atoms. The van der Waals surface area contributed by atoms with Gasteiger partial charge in [-0.1, -0.05) is 30.3 Å². The number of alkyl halides is 3. The van der Waals surface area contributed by atoms with E-state index in [9.17, 15) is 26.4 Å². The summed E-state index contributed by atoms with van der Waals surface area (Å²) in [7, 11) is -2.96. The van der Waals surface area contributed by atoms with Gasteiger partial charge in [0.15, 0.2) is 9.84 Å². The molecule has 2 saturated heterocycles. The van der Waals surface area contributed by atoms with Crippen LogP contribution in [-0.4, -0.2) is 67.9 Å². The molecule has 2 aliphatic heterocycles. The van der Waals surface area contributed by atoms with Gasteiger partial charge in [-0.05, 0) is 35.7 Å². The molecule has 0 aliphatic carbocycles. The number of hydrogen-bond acceptors (Lipinski definition) is 4. The Morgan fingerprint density at radius 2 is 1.58 bits per heavy atom. The molecule has 4 rings (SSSR count). The van der Waals surface area contributed by atoms with Crippen molar-refractivity contribution in [3.63, 3.8) is 0 Å². The number of rotatable bonds is 3. The molecule has 31 heavy (non-hydrogen) atoms. The zero-order chi connectivity index (χ0) is 22.2. The lowest BCUT2D eigenvalue weighted by atomic mass is 9.97. The first kappa shape index (κ1) is 21.8. The second kappa shape index (κ2) is 8.27. The topological polar surface area (TPSA) is 57.7 Å². The highest BCUT2D eigenvalue weighted by Gasteiger charge is 2.35. The van der Waals surface area contributed by atoms with Gasteiger partial charge in [0.2, 0.25) is 0 Å². The van der Waals surface area contributed by atoms with Crippen molar-refractivity contribution < 1.29 is 26.4 Å². The predicted octanol–water partition coefficient (Wildman–Crippen LogP) is 3.32. The van der Waals surface area contributed by atoms with Crippen LogP contribution in [0.3, 0.4) is 0 Å². The Hall–Kier alpha value is -2.39. The Labute approximate surface area is 179 Å². The van der Waals surface area contributed by atoms with E-state index in [-0.39, 0.29) is 23.5 Å². The molecule has 0 saturated carbocycles. The summed E-state index contributed by atoms with van der Waals surface area (Å²) in [5.74, 6) is 0.226. The zero-order valence-corrected chi connectivity index (χ0v) is 17.6. The fourth-order valence-corrected chi connectivity index (χ4v) is 6.05. The third-order valence-electron chi connectivity index (χ3n) is 6.01. The van der Waals surface area contributed by atoms with Crippen molar-refractivity contribution in [2.24, 2.45) is 0 Å². The summed E-state index contributed by atoms with van der Waals surface area (Å²) >= 11 is 0. The first-order chi connectivity index (χ1) is 14.6. The maximum atomic E-state index is 13.2. The van der Waals surface area contributed by atoms with Crippen LogP contribution in [0.1, 0.15) is 22.3 Å². The smallest absolute Gasteiger partial charge is 0.336 e. The lowest BCUT2D eigenvalue weighted by Gasteiger charge is -2.37. The van der Waals surface area contributed by atoms with Crippen LogP contribution in [0.25, 0.3) is 11.1 Å². The molecule has 2 heterocycles. The summed E-state index contributed by atoms with van der Waals surface area (Å²) in [6.45, 7) is 2.18. The van der Waals surface area contributed by atoms with E-state index >= 15 is 0 Å². The number of carbonyl (C=O) groups excluding carboxylic acids is 1. The van der Waals surface area contributed by atoms with Gasteiger partial charge in [-0.2, -0.15) is 13.2 Å². The van der Waals surface area contributed by atoms with E-state index in [4.69, 9.17) is 0 Å². The molecule has 0 bridgehead atoms. The standard InChI is InChI=1S/C22H23F3N2O3S/c23-22(24,25)17-7-5-16(6-8-17)19-3-1-2-4-20(19)21(28)27-12-10-26(11-13-27)18-9-14-31(29,30)15-18/h1-8,18H,9-15H2. The highest BCUT2D eigenvalue weighted by Crippen LogP contribution is 2.32. The van der Waals surface area contributed by atoms with Gasteiger partial charge in [0, 0.05) is 37.8 Å². The average Bonchev–Trinajstić information content (AvgIpc) is 3.12. The predicted molar refractivity (Wildman–Crippen MR) is 111 cm³/mol. The monoisotopic (exact) mass is 452 g/mol. The van der Waals surface area contributed by atoms with Gasteiger partial charge in [0.25, 0.3) is 5.91 Å². The van der Waals surface area contributed by atoms with Crippen molar-refractivity contribution in [3.05, 3.63) is 59.7 Å². The van der Waals surface area contributed by atoms with Crippen molar-refractivity contribution in [3.8, 4) is 11.1 Å². The van der Waals surface area contributed by atoms with E-state index in [1.54, 1.807) is 29.2 Å². The van der Waals surface area contributed by atoms with Crippen molar-refractivity contribution in [1.29, 1.82) is 0 Å². The number of sulfone groups is 1. The summed E-state index contributed by atoms with van der Waals surface area (Å²) in [5, 5.41) is 0. The maximum Gasteiger partial charge on any atom is 0.416 e. The number of amides is 1. The van der Waals surface area contributed by atoms with E-state index < -0.39 is 21.6 Å². The van der Waals surface area contributed by atoms with Crippen LogP contribution in [0, 0.1) is 0 Å². The molecule has 1 amide bonds. The van der Waals surface area contributed by atoms with E-state index in [0.717, 1.165) is 12.1 Å².